The van der Waals surface area contributed by atoms with Gasteiger partial charge in [0.05, 0.1) is 13.2 Å². The zero-order chi connectivity index (χ0) is 11.4. The lowest BCUT2D eigenvalue weighted by Gasteiger charge is -2.39. The summed E-state index contributed by atoms with van der Waals surface area (Å²) < 4.78 is 10.1. The van der Waals surface area contributed by atoms with Crippen LogP contribution < -0.4 is 0 Å². The molecule has 1 saturated heterocycles. The molecule has 5 atom stereocenters. The van der Waals surface area contributed by atoms with E-state index in [2.05, 4.69) is 6.58 Å². The molecule has 0 aromatic carbocycles. The van der Waals surface area contributed by atoms with Crippen molar-refractivity contribution in [2.75, 3.05) is 13.2 Å². The second-order valence-electron chi connectivity index (χ2n) is 3.32. The number of rotatable bonds is 4. The van der Waals surface area contributed by atoms with E-state index in [1.165, 1.54) is 6.08 Å². The zero-order valence-electron chi connectivity index (χ0n) is 8.19. The molecule has 0 radical (unpaired) electrons. The second kappa shape index (κ2) is 5.55. The van der Waals surface area contributed by atoms with Crippen LogP contribution in [-0.4, -0.2) is 64.3 Å². The first-order chi connectivity index (χ1) is 7.11. The highest BCUT2D eigenvalue weighted by Gasteiger charge is 2.43. The van der Waals surface area contributed by atoms with Crippen molar-refractivity contribution in [3.05, 3.63) is 12.7 Å². The van der Waals surface area contributed by atoms with Crippen LogP contribution in [0.4, 0.5) is 0 Å². The number of aliphatic hydroxyl groups excluding tert-OH is 4. The van der Waals surface area contributed by atoms with E-state index in [9.17, 15) is 15.3 Å². The highest BCUT2D eigenvalue weighted by Crippen LogP contribution is 2.21. The summed E-state index contributed by atoms with van der Waals surface area (Å²) in [7, 11) is 0. The van der Waals surface area contributed by atoms with Crippen LogP contribution in [0.2, 0.25) is 0 Å². The van der Waals surface area contributed by atoms with Crippen LogP contribution in [0.1, 0.15) is 0 Å². The van der Waals surface area contributed by atoms with Crippen LogP contribution in [0.15, 0.2) is 12.7 Å². The summed E-state index contributed by atoms with van der Waals surface area (Å²) in [6.07, 6.45) is -4.64. The van der Waals surface area contributed by atoms with Crippen molar-refractivity contribution in [3.63, 3.8) is 0 Å². The molecule has 1 aliphatic rings. The van der Waals surface area contributed by atoms with Gasteiger partial charge in [-0.15, -0.1) is 6.58 Å². The van der Waals surface area contributed by atoms with Crippen molar-refractivity contribution in [2.45, 2.75) is 30.7 Å². The van der Waals surface area contributed by atoms with Gasteiger partial charge in [-0.3, -0.25) is 0 Å². The van der Waals surface area contributed by atoms with E-state index < -0.39 is 37.3 Å². The largest absolute Gasteiger partial charge is 0.394 e. The lowest BCUT2D eigenvalue weighted by molar-refractivity contribution is -0.298. The monoisotopic (exact) mass is 220 g/mol. The van der Waals surface area contributed by atoms with Crippen LogP contribution in [0, 0.1) is 0 Å². The van der Waals surface area contributed by atoms with Crippen molar-refractivity contribution in [1.82, 2.24) is 0 Å². The Hall–Kier alpha value is -0.500. The van der Waals surface area contributed by atoms with Crippen LogP contribution in [0.5, 0.6) is 0 Å². The fraction of sp³-hybridized carbons (Fsp3) is 0.778. The molecule has 1 aliphatic heterocycles. The Balaban J connectivity index is 2.60. The summed E-state index contributed by atoms with van der Waals surface area (Å²) in [4.78, 5) is 0. The predicted molar refractivity (Wildman–Crippen MR) is 49.9 cm³/mol. The molecular weight excluding hydrogens is 204 g/mol. The smallest absolute Gasteiger partial charge is 0.187 e. The highest BCUT2D eigenvalue weighted by molar-refractivity contribution is 4.89. The molecule has 0 unspecified atom stereocenters. The fourth-order valence-electron chi connectivity index (χ4n) is 1.37. The van der Waals surface area contributed by atoms with Crippen LogP contribution in [0.25, 0.3) is 0 Å². The standard InChI is InChI=1S/C9H16O6/c1-2-3-14-9-8(13)7(12)6(11)5(4-10)15-9/h2,5-13H,1,3-4H2/t5-,6+,7-,8-,9+/m0/s1. The summed E-state index contributed by atoms with van der Waals surface area (Å²) in [6.45, 7) is 3.10. The molecule has 0 aromatic heterocycles. The predicted octanol–water partition coefficient (Wildman–Crippen LogP) is -2.01. The molecule has 0 aliphatic carbocycles. The van der Waals surface area contributed by atoms with Gasteiger partial charge in [0.2, 0.25) is 0 Å². The normalized spacial score (nSPS) is 41.5. The van der Waals surface area contributed by atoms with Crippen molar-refractivity contribution in [1.29, 1.82) is 0 Å². The number of ether oxygens (including phenoxy) is 2. The number of aliphatic hydroxyl groups is 4. The average Bonchev–Trinajstić information content (AvgIpc) is 2.25. The van der Waals surface area contributed by atoms with E-state index in [4.69, 9.17) is 14.6 Å². The average molecular weight is 220 g/mol. The molecule has 0 bridgehead atoms. The van der Waals surface area contributed by atoms with E-state index in [1.54, 1.807) is 0 Å². The Labute approximate surface area is 87.4 Å². The van der Waals surface area contributed by atoms with E-state index in [0.29, 0.717) is 0 Å². The van der Waals surface area contributed by atoms with Crippen molar-refractivity contribution >= 4 is 0 Å². The van der Waals surface area contributed by atoms with Gasteiger partial charge in [0, 0.05) is 0 Å². The molecule has 0 spiro atoms. The van der Waals surface area contributed by atoms with Gasteiger partial charge >= 0.3 is 0 Å². The van der Waals surface area contributed by atoms with Gasteiger partial charge in [-0.25, -0.2) is 0 Å². The minimum Gasteiger partial charge on any atom is -0.394 e. The summed E-state index contributed by atoms with van der Waals surface area (Å²) in [5.74, 6) is 0. The maximum atomic E-state index is 9.47. The molecule has 1 rings (SSSR count). The molecule has 1 fully saturated rings. The van der Waals surface area contributed by atoms with Gasteiger partial charge in [-0.05, 0) is 0 Å². The van der Waals surface area contributed by atoms with Gasteiger partial charge < -0.3 is 29.9 Å². The molecule has 0 amide bonds. The van der Waals surface area contributed by atoms with E-state index in [-0.39, 0.29) is 6.61 Å². The van der Waals surface area contributed by atoms with Crippen LogP contribution >= 0.6 is 0 Å². The first-order valence-electron chi connectivity index (χ1n) is 4.64. The minimum atomic E-state index is -1.40. The van der Waals surface area contributed by atoms with Crippen LogP contribution in [0.3, 0.4) is 0 Å². The maximum absolute atomic E-state index is 9.47. The zero-order valence-corrected chi connectivity index (χ0v) is 8.19. The van der Waals surface area contributed by atoms with Gasteiger partial charge in [0.15, 0.2) is 6.29 Å². The molecule has 6 nitrogen and oxygen atoms in total. The first kappa shape index (κ1) is 12.6. The molecule has 1 heterocycles. The fourth-order valence-corrected chi connectivity index (χ4v) is 1.37. The number of hydrogen-bond donors (Lipinski definition) is 4. The maximum Gasteiger partial charge on any atom is 0.187 e. The van der Waals surface area contributed by atoms with Crippen LogP contribution in [-0.2, 0) is 9.47 Å². The number of hydrogen-bond acceptors (Lipinski definition) is 6. The third-order valence-electron chi connectivity index (χ3n) is 2.23. The van der Waals surface area contributed by atoms with Gasteiger partial charge in [-0.1, -0.05) is 6.08 Å². The quantitative estimate of drug-likeness (QED) is 0.408. The molecular formula is C9H16O6. The first-order valence-corrected chi connectivity index (χ1v) is 4.64. The third-order valence-corrected chi connectivity index (χ3v) is 2.23. The van der Waals surface area contributed by atoms with Crippen molar-refractivity contribution in [3.8, 4) is 0 Å². The van der Waals surface area contributed by atoms with E-state index in [0.717, 1.165) is 0 Å². The van der Waals surface area contributed by atoms with E-state index in [1.807, 2.05) is 0 Å². The Morgan fingerprint density at radius 1 is 1.20 bits per heavy atom. The summed E-state index contributed by atoms with van der Waals surface area (Å²) in [5, 5.41) is 37.1. The van der Waals surface area contributed by atoms with Gasteiger partial charge in [-0.2, -0.15) is 0 Å². The Morgan fingerprint density at radius 2 is 1.87 bits per heavy atom. The lowest BCUT2D eigenvalue weighted by atomic mass is 9.99. The molecule has 4 N–H and O–H groups in total. The molecule has 88 valence electrons. The minimum absolute atomic E-state index is 0.142. The molecule has 15 heavy (non-hydrogen) atoms. The summed E-state index contributed by atoms with van der Waals surface area (Å²) in [6, 6.07) is 0. The lowest BCUT2D eigenvalue weighted by Crippen LogP contribution is -2.59. The Bertz CT molecular complexity index is 207. The van der Waals surface area contributed by atoms with Crippen molar-refractivity contribution < 1.29 is 29.9 Å². The van der Waals surface area contributed by atoms with Crippen molar-refractivity contribution in [2.24, 2.45) is 0 Å². The Kier molecular flexibility index (Phi) is 4.65. The molecule has 0 saturated carbocycles. The van der Waals surface area contributed by atoms with Gasteiger partial charge in [0.1, 0.15) is 24.4 Å². The topological polar surface area (TPSA) is 99.4 Å². The molecule has 6 heteroatoms. The third kappa shape index (κ3) is 2.75. The Morgan fingerprint density at radius 3 is 2.40 bits per heavy atom. The summed E-state index contributed by atoms with van der Waals surface area (Å²) in [5.41, 5.74) is 0. The van der Waals surface area contributed by atoms with Gasteiger partial charge in [0.25, 0.3) is 0 Å². The highest BCUT2D eigenvalue weighted by atomic mass is 16.7. The second-order valence-corrected chi connectivity index (χ2v) is 3.32. The van der Waals surface area contributed by atoms with E-state index >= 15 is 0 Å². The molecule has 0 aromatic rings. The summed E-state index contributed by atoms with van der Waals surface area (Å²) >= 11 is 0. The SMILES string of the molecule is C=CCO[C@@H]1O[C@@H](CO)[C@@H](O)[C@H](O)[C@@H]1O.